The molecule has 0 heterocycles. The average molecular weight is 276 g/mol. The van der Waals surface area contributed by atoms with E-state index in [0.29, 0.717) is 17.1 Å². The normalized spacial score (nSPS) is 11.5. The first-order valence-electron chi connectivity index (χ1n) is 6.31. The van der Waals surface area contributed by atoms with E-state index in [1.165, 1.54) is 0 Å². The Morgan fingerprint density at radius 1 is 1.20 bits per heavy atom. The van der Waals surface area contributed by atoms with Crippen LogP contribution in [0.1, 0.15) is 19.4 Å². The molecule has 0 spiro atoms. The predicted octanol–water partition coefficient (Wildman–Crippen LogP) is 3.23. The van der Waals surface area contributed by atoms with Gasteiger partial charge in [0.1, 0.15) is 6.61 Å². The summed E-state index contributed by atoms with van der Waals surface area (Å²) in [6, 6.07) is 5.58. The highest BCUT2D eigenvalue weighted by Gasteiger charge is 2.03. The molecule has 0 fully saturated rings. The SMILES string of the molecule is C/C=C(/C)C(=O)OC/C=C/c1ccc(OC)c(OC)c1. The molecule has 0 radical (unpaired) electrons. The van der Waals surface area contributed by atoms with Gasteiger partial charge in [-0.1, -0.05) is 18.2 Å². The minimum atomic E-state index is -0.301. The summed E-state index contributed by atoms with van der Waals surface area (Å²) in [5.41, 5.74) is 1.55. The van der Waals surface area contributed by atoms with E-state index < -0.39 is 0 Å². The molecule has 1 aromatic carbocycles. The summed E-state index contributed by atoms with van der Waals surface area (Å²) in [5.74, 6) is 1.04. The average Bonchev–Trinajstić information content (AvgIpc) is 2.50. The second kappa shape index (κ2) is 8.04. The summed E-state index contributed by atoms with van der Waals surface area (Å²) < 4.78 is 15.4. The van der Waals surface area contributed by atoms with Gasteiger partial charge in [0.05, 0.1) is 14.2 Å². The van der Waals surface area contributed by atoms with Crippen molar-refractivity contribution >= 4 is 12.0 Å². The standard InChI is InChI=1S/C16H20O4/c1-5-12(2)16(17)20-10-6-7-13-8-9-14(18-3)15(11-13)19-4/h5-9,11H,10H2,1-4H3/b7-6+,12-5-. The van der Waals surface area contributed by atoms with E-state index >= 15 is 0 Å². The molecular weight excluding hydrogens is 256 g/mol. The van der Waals surface area contributed by atoms with Crippen LogP contribution in [0.2, 0.25) is 0 Å². The summed E-state index contributed by atoms with van der Waals surface area (Å²) in [6.07, 6.45) is 5.36. The molecule has 0 saturated heterocycles. The molecule has 0 aliphatic carbocycles. The van der Waals surface area contributed by atoms with Crippen LogP contribution in [0.5, 0.6) is 11.5 Å². The molecule has 0 aliphatic rings. The van der Waals surface area contributed by atoms with Crippen LogP contribution in [0.3, 0.4) is 0 Å². The van der Waals surface area contributed by atoms with E-state index in [2.05, 4.69) is 0 Å². The number of ether oxygens (including phenoxy) is 3. The highest BCUT2D eigenvalue weighted by molar-refractivity contribution is 5.87. The Labute approximate surface area is 119 Å². The van der Waals surface area contributed by atoms with E-state index in [1.54, 1.807) is 40.2 Å². The van der Waals surface area contributed by atoms with Crippen molar-refractivity contribution in [1.29, 1.82) is 0 Å². The lowest BCUT2D eigenvalue weighted by molar-refractivity contribution is -0.137. The van der Waals surface area contributed by atoms with Gasteiger partial charge in [0.2, 0.25) is 0 Å². The van der Waals surface area contributed by atoms with Crippen LogP contribution in [-0.2, 0) is 9.53 Å². The third-order valence-corrected chi connectivity index (χ3v) is 2.78. The lowest BCUT2D eigenvalue weighted by Gasteiger charge is -2.07. The van der Waals surface area contributed by atoms with Gasteiger partial charge < -0.3 is 14.2 Å². The van der Waals surface area contributed by atoms with Crippen LogP contribution < -0.4 is 9.47 Å². The van der Waals surface area contributed by atoms with Crippen LogP contribution >= 0.6 is 0 Å². The number of rotatable bonds is 6. The molecule has 0 atom stereocenters. The predicted molar refractivity (Wildman–Crippen MR) is 79.0 cm³/mol. The van der Waals surface area contributed by atoms with Crippen molar-refractivity contribution in [3.8, 4) is 11.5 Å². The number of allylic oxidation sites excluding steroid dienone is 1. The molecule has 4 nitrogen and oxygen atoms in total. The number of benzene rings is 1. The largest absolute Gasteiger partial charge is 0.493 e. The lowest BCUT2D eigenvalue weighted by atomic mass is 10.2. The van der Waals surface area contributed by atoms with Gasteiger partial charge in [0.25, 0.3) is 0 Å². The van der Waals surface area contributed by atoms with Crippen LogP contribution in [0, 0.1) is 0 Å². The molecule has 0 bridgehead atoms. The van der Waals surface area contributed by atoms with Crippen LogP contribution in [-0.4, -0.2) is 26.8 Å². The fraction of sp³-hybridized carbons (Fsp3) is 0.312. The number of esters is 1. The van der Waals surface area contributed by atoms with Crippen LogP contribution in [0.4, 0.5) is 0 Å². The fourth-order valence-electron chi connectivity index (χ4n) is 1.50. The summed E-state index contributed by atoms with van der Waals surface area (Å²) >= 11 is 0. The minimum absolute atomic E-state index is 0.234. The Balaban J connectivity index is 2.61. The first kappa shape index (κ1) is 15.8. The van der Waals surface area contributed by atoms with Crippen molar-refractivity contribution < 1.29 is 19.0 Å². The highest BCUT2D eigenvalue weighted by atomic mass is 16.5. The molecule has 4 heteroatoms. The molecule has 0 unspecified atom stereocenters. The molecular formula is C16H20O4. The summed E-state index contributed by atoms with van der Waals surface area (Å²) in [4.78, 5) is 11.4. The van der Waals surface area contributed by atoms with Gasteiger partial charge in [-0.25, -0.2) is 4.79 Å². The fourth-order valence-corrected chi connectivity index (χ4v) is 1.50. The highest BCUT2D eigenvalue weighted by Crippen LogP contribution is 2.27. The van der Waals surface area contributed by atoms with Gasteiger partial charge in [-0.3, -0.25) is 0 Å². The van der Waals surface area contributed by atoms with Gasteiger partial charge in [-0.2, -0.15) is 0 Å². The second-order valence-corrected chi connectivity index (χ2v) is 4.09. The van der Waals surface area contributed by atoms with Crippen LogP contribution in [0.15, 0.2) is 35.9 Å². The third-order valence-electron chi connectivity index (χ3n) is 2.78. The Kier molecular flexibility index (Phi) is 6.37. The zero-order valence-corrected chi connectivity index (χ0v) is 12.3. The Morgan fingerprint density at radius 3 is 2.50 bits per heavy atom. The maximum absolute atomic E-state index is 11.4. The Hall–Kier alpha value is -2.23. The van der Waals surface area contributed by atoms with Crippen molar-refractivity contribution in [2.45, 2.75) is 13.8 Å². The van der Waals surface area contributed by atoms with Gasteiger partial charge in [-0.05, 0) is 37.6 Å². The van der Waals surface area contributed by atoms with Gasteiger partial charge in [-0.15, -0.1) is 0 Å². The number of hydrogen-bond acceptors (Lipinski definition) is 4. The third kappa shape index (κ3) is 4.46. The second-order valence-electron chi connectivity index (χ2n) is 4.09. The first-order valence-corrected chi connectivity index (χ1v) is 6.31. The van der Waals surface area contributed by atoms with Crippen molar-refractivity contribution in [2.24, 2.45) is 0 Å². The first-order chi connectivity index (χ1) is 9.62. The van der Waals surface area contributed by atoms with Crippen molar-refractivity contribution in [1.82, 2.24) is 0 Å². The molecule has 108 valence electrons. The van der Waals surface area contributed by atoms with Gasteiger partial charge in [0.15, 0.2) is 11.5 Å². The van der Waals surface area contributed by atoms with Crippen LogP contribution in [0.25, 0.3) is 6.08 Å². The molecule has 1 rings (SSSR count). The van der Waals surface area contributed by atoms with Gasteiger partial charge in [0, 0.05) is 5.57 Å². The van der Waals surface area contributed by atoms with Crippen molar-refractivity contribution in [3.63, 3.8) is 0 Å². The van der Waals surface area contributed by atoms with E-state index in [9.17, 15) is 4.79 Å². The molecule has 1 aromatic rings. The smallest absolute Gasteiger partial charge is 0.333 e. The molecule has 0 aliphatic heterocycles. The number of hydrogen-bond donors (Lipinski definition) is 0. The molecule has 0 amide bonds. The number of carbonyl (C=O) groups excluding carboxylic acids is 1. The van der Waals surface area contributed by atoms with Crippen molar-refractivity contribution in [3.05, 3.63) is 41.5 Å². The lowest BCUT2D eigenvalue weighted by Crippen LogP contribution is -2.05. The topological polar surface area (TPSA) is 44.8 Å². The maximum atomic E-state index is 11.4. The Bertz CT molecular complexity index is 515. The quantitative estimate of drug-likeness (QED) is 0.591. The zero-order valence-electron chi connectivity index (χ0n) is 12.3. The minimum Gasteiger partial charge on any atom is -0.493 e. The molecule has 0 aromatic heterocycles. The Morgan fingerprint density at radius 2 is 1.90 bits per heavy atom. The van der Waals surface area contributed by atoms with E-state index in [4.69, 9.17) is 14.2 Å². The number of carbonyl (C=O) groups is 1. The summed E-state index contributed by atoms with van der Waals surface area (Å²) in [7, 11) is 3.18. The summed E-state index contributed by atoms with van der Waals surface area (Å²) in [6.45, 7) is 3.76. The van der Waals surface area contributed by atoms with E-state index in [1.807, 2.05) is 24.3 Å². The summed E-state index contributed by atoms with van der Waals surface area (Å²) in [5, 5.41) is 0. The van der Waals surface area contributed by atoms with Gasteiger partial charge >= 0.3 is 5.97 Å². The maximum Gasteiger partial charge on any atom is 0.333 e. The molecule has 0 N–H and O–H groups in total. The number of methoxy groups -OCH3 is 2. The molecule has 20 heavy (non-hydrogen) atoms. The monoisotopic (exact) mass is 276 g/mol. The van der Waals surface area contributed by atoms with E-state index in [0.717, 1.165) is 5.56 Å². The zero-order chi connectivity index (χ0) is 15.0. The molecule has 0 saturated carbocycles. The van der Waals surface area contributed by atoms with Crippen molar-refractivity contribution in [2.75, 3.05) is 20.8 Å². The van der Waals surface area contributed by atoms with E-state index in [-0.39, 0.29) is 12.6 Å².